The van der Waals surface area contributed by atoms with Crippen LogP contribution in [0.1, 0.15) is 220 Å². The highest BCUT2D eigenvalue weighted by atomic mass is 16.5. The number of piperidine rings is 2. The van der Waals surface area contributed by atoms with Gasteiger partial charge in [0.15, 0.2) is 5.78 Å². The minimum Gasteiger partial charge on any atom is -0.497 e. The quantitative estimate of drug-likeness (QED) is 0.0330. The molecule has 1 unspecified atom stereocenters. The first-order valence-electron chi connectivity index (χ1n) is 32.4. The number of ether oxygens (including phenoxy) is 2. The number of hydrogen-bond acceptors (Lipinski definition) is 10. The third kappa shape index (κ3) is 33.8. The van der Waals surface area contributed by atoms with Crippen LogP contribution in [0, 0.1) is 17.3 Å². The highest BCUT2D eigenvalue weighted by molar-refractivity contribution is 5.96. The number of Topliss-reactive ketones (excluding diaryl/α,β-unsaturated/α-hetero) is 1. The SMILES string of the molecule is C/C=C(\C=C(\C)CCC(CCC)CCC)C(C)=O.CC.CCC(=O)N1CCC(NC)CC1.CCC=O.CCNC1CCN(C)CC1.CCc1ccc(OC)cc1.CNc1cc(C(=O)O)ccc1/C(=C/c1ccc(OC)cc1)C1CCCC(C)(C)C1. The molecule has 0 aromatic heterocycles. The van der Waals surface area contributed by atoms with Gasteiger partial charge in [-0.15, -0.1) is 0 Å². The largest absolute Gasteiger partial charge is 0.497 e. The molecule has 12 heteroatoms. The number of amides is 1. The minimum atomic E-state index is -0.910. The summed E-state index contributed by atoms with van der Waals surface area (Å²) in [6.07, 6.45) is 26.6. The number of hydrogen-bond donors (Lipinski definition) is 4. The molecule has 0 radical (unpaired) electrons. The first-order valence-corrected chi connectivity index (χ1v) is 32.4. The summed E-state index contributed by atoms with van der Waals surface area (Å²) in [6.45, 7) is 32.5. The highest BCUT2D eigenvalue weighted by Gasteiger charge is 2.31. The Morgan fingerprint density at radius 2 is 1.33 bits per heavy atom. The number of anilines is 1. The van der Waals surface area contributed by atoms with E-state index in [4.69, 9.17) is 9.47 Å². The van der Waals surface area contributed by atoms with E-state index < -0.39 is 5.97 Å². The van der Waals surface area contributed by atoms with Gasteiger partial charge in [0, 0.05) is 61.9 Å². The molecule has 2 aliphatic heterocycles. The van der Waals surface area contributed by atoms with E-state index >= 15 is 0 Å². The zero-order valence-electron chi connectivity index (χ0n) is 56.8. The second-order valence-corrected chi connectivity index (χ2v) is 23.1. The number of methoxy groups -OCH3 is 2. The van der Waals surface area contributed by atoms with E-state index in [1.54, 1.807) is 33.3 Å². The van der Waals surface area contributed by atoms with Crippen LogP contribution < -0.4 is 25.4 Å². The van der Waals surface area contributed by atoms with Crippen molar-refractivity contribution >= 4 is 41.3 Å². The summed E-state index contributed by atoms with van der Waals surface area (Å²) in [5, 5.41) is 19.3. The number of carbonyl (C=O) groups excluding carboxylic acids is 3. The molecule has 85 heavy (non-hydrogen) atoms. The van der Waals surface area contributed by atoms with E-state index in [1.165, 1.54) is 87.6 Å². The summed E-state index contributed by atoms with van der Waals surface area (Å²) in [6, 6.07) is 23.0. The number of benzene rings is 3. The van der Waals surface area contributed by atoms with Crippen LogP contribution in [0.3, 0.4) is 0 Å². The molecule has 6 rings (SSSR count). The van der Waals surface area contributed by atoms with Crippen LogP contribution in [0.4, 0.5) is 5.69 Å². The maximum Gasteiger partial charge on any atom is 0.335 e. The number of nitrogens with zero attached hydrogens (tertiary/aromatic N) is 2. The number of aldehydes is 1. The number of ketones is 1. The monoisotopic (exact) mass is 1180 g/mol. The molecular formula is C73H121N5O7. The van der Waals surface area contributed by atoms with Gasteiger partial charge in [0.05, 0.1) is 19.8 Å². The smallest absolute Gasteiger partial charge is 0.335 e. The van der Waals surface area contributed by atoms with Crippen molar-refractivity contribution in [3.63, 3.8) is 0 Å². The van der Waals surface area contributed by atoms with Crippen LogP contribution in [0.5, 0.6) is 11.5 Å². The summed E-state index contributed by atoms with van der Waals surface area (Å²) >= 11 is 0. The van der Waals surface area contributed by atoms with Crippen molar-refractivity contribution in [1.82, 2.24) is 20.4 Å². The molecule has 480 valence electrons. The summed E-state index contributed by atoms with van der Waals surface area (Å²) in [5.41, 5.74) is 8.45. The highest BCUT2D eigenvalue weighted by Crippen LogP contribution is 2.46. The van der Waals surface area contributed by atoms with Gasteiger partial charge in [-0.05, 0) is 189 Å². The number of rotatable bonds is 22. The van der Waals surface area contributed by atoms with E-state index in [0.29, 0.717) is 41.7 Å². The lowest BCUT2D eigenvalue weighted by Crippen LogP contribution is -2.43. The van der Waals surface area contributed by atoms with Crippen molar-refractivity contribution in [3.05, 3.63) is 112 Å². The molecule has 3 aromatic rings. The second kappa shape index (κ2) is 47.6. The first-order chi connectivity index (χ1) is 40.7. The Hall–Kier alpha value is -5.56. The van der Waals surface area contributed by atoms with E-state index in [0.717, 1.165) is 110 Å². The molecule has 4 N–H and O–H groups in total. The fraction of sp³-hybridized carbons (Fsp3) is 0.616. The van der Waals surface area contributed by atoms with Crippen LogP contribution in [0.25, 0.3) is 11.6 Å². The summed E-state index contributed by atoms with van der Waals surface area (Å²) in [4.78, 5) is 47.6. The number of nitrogens with one attached hydrogen (secondary N) is 3. The Kier molecular flexibility index (Phi) is 44.5. The molecule has 1 aliphatic carbocycles. The van der Waals surface area contributed by atoms with Crippen molar-refractivity contribution in [1.29, 1.82) is 0 Å². The third-order valence-corrected chi connectivity index (χ3v) is 15.9. The normalized spacial score (nSPS) is 16.2. The molecule has 2 saturated heterocycles. The van der Waals surface area contributed by atoms with Gasteiger partial charge in [0.2, 0.25) is 5.91 Å². The predicted molar refractivity (Wildman–Crippen MR) is 364 cm³/mol. The molecule has 3 aliphatic rings. The number of carboxylic acids is 1. The Bertz CT molecular complexity index is 2310. The number of aryl methyl sites for hydroxylation is 1. The Labute approximate surface area is 518 Å². The first kappa shape index (κ1) is 79.4. The fourth-order valence-electron chi connectivity index (χ4n) is 10.8. The molecule has 1 amide bonds. The number of aromatic carboxylic acids is 1. The van der Waals surface area contributed by atoms with Crippen molar-refractivity contribution < 1.29 is 33.8 Å². The summed E-state index contributed by atoms with van der Waals surface area (Å²) in [7, 11) is 9.38. The molecular weight excluding hydrogens is 1060 g/mol. The summed E-state index contributed by atoms with van der Waals surface area (Å²) in [5.74, 6) is 2.60. The van der Waals surface area contributed by atoms with Crippen LogP contribution >= 0.6 is 0 Å². The summed E-state index contributed by atoms with van der Waals surface area (Å²) < 4.78 is 10.3. The average Bonchev–Trinajstić information content (AvgIpc) is 3.29. The number of likely N-dealkylation sites (tertiary alicyclic amines) is 2. The lowest BCUT2D eigenvalue weighted by Gasteiger charge is -2.37. The van der Waals surface area contributed by atoms with E-state index in [9.17, 15) is 24.3 Å². The van der Waals surface area contributed by atoms with Gasteiger partial charge in [0.1, 0.15) is 17.8 Å². The van der Waals surface area contributed by atoms with E-state index in [2.05, 4.69) is 113 Å². The predicted octanol–water partition coefficient (Wildman–Crippen LogP) is 16.8. The van der Waals surface area contributed by atoms with Crippen LogP contribution in [0.2, 0.25) is 0 Å². The van der Waals surface area contributed by atoms with Gasteiger partial charge < -0.3 is 45.1 Å². The Morgan fingerprint density at radius 3 is 1.76 bits per heavy atom. The molecule has 2 heterocycles. The zero-order chi connectivity index (χ0) is 64.2. The third-order valence-electron chi connectivity index (χ3n) is 15.9. The van der Waals surface area contributed by atoms with Gasteiger partial charge in [-0.3, -0.25) is 9.59 Å². The second-order valence-electron chi connectivity index (χ2n) is 23.1. The van der Waals surface area contributed by atoms with Gasteiger partial charge in [-0.1, -0.05) is 155 Å². The van der Waals surface area contributed by atoms with Gasteiger partial charge >= 0.3 is 5.97 Å². The molecule has 0 bridgehead atoms. The Morgan fingerprint density at radius 1 is 0.776 bits per heavy atom. The standard InChI is InChI=1S/C25H31NO3.C17H30O.C9H18N2O.C9H12O.C8H18N2.C3H6O.C2H6/c1-25(2)13-5-6-19(16-25)22(14-17-7-10-20(29-4)11-8-17)21-12-9-18(24(27)28)15-23(21)26-3;1-6-9-16(10-7-2)12-11-14(4)13-17(8-3)15(5)18;1-3-9(12)11-6-4-8(10-2)5-7-11;1-3-8-4-6-9(10-2)7-5-8;1-3-9-8-4-6-10(2)7-5-8;1-2-3-4;1-2/h7-12,14-15,19,26H,5-6,13,16H2,1-4H3,(H,27,28);8,13,16H,6-7,9-12H2,1-5H3;8,10H,3-7H2,1-2H3;4-7H,3H2,1-2H3;8-9H,3-7H2,1-2H3;3H,2H2,1H3;1-2H3/b22-14+;14-13-,17-8+;;;;;. The number of allylic oxidation sites excluding steroid dienone is 5. The minimum absolute atomic E-state index is 0.163. The molecule has 1 atom stereocenters. The molecule has 12 nitrogen and oxygen atoms in total. The molecule has 1 saturated carbocycles. The van der Waals surface area contributed by atoms with E-state index in [-0.39, 0.29) is 5.78 Å². The molecule has 3 fully saturated rings. The molecule has 3 aromatic carbocycles. The number of carboxylic acid groups (broad SMARTS) is 1. The van der Waals surface area contributed by atoms with Crippen molar-refractivity contribution in [3.8, 4) is 11.5 Å². The number of carbonyl (C=O) groups is 4. The van der Waals surface area contributed by atoms with E-state index in [1.807, 2.05) is 90.0 Å². The van der Waals surface area contributed by atoms with Crippen LogP contribution in [-0.2, 0) is 20.8 Å². The maximum absolute atomic E-state index is 11.4. The van der Waals surface area contributed by atoms with Crippen molar-refractivity contribution in [2.75, 3.05) is 73.4 Å². The van der Waals surface area contributed by atoms with Gasteiger partial charge in [-0.25, -0.2) is 4.79 Å². The van der Waals surface area contributed by atoms with Crippen LogP contribution in [-0.4, -0.2) is 119 Å². The average molecular weight is 1180 g/mol. The lowest BCUT2D eigenvalue weighted by molar-refractivity contribution is -0.132. The fourth-order valence-corrected chi connectivity index (χ4v) is 10.8. The topological polar surface area (TPSA) is 150 Å². The molecule has 0 spiro atoms. The van der Waals surface area contributed by atoms with Crippen molar-refractivity contribution in [2.45, 2.75) is 211 Å². The zero-order valence-corrected chi connectivity index (χ0v) is 56.8. The lowest BCUT2D eigenvalue weighted by atomic mass is 9.68. The maximum atomic E-state index is 11.4. The van der Waals surface area contributed by atoms with Gasteiger partial charge in [-0.2, -0.15) is 0 Å². The van der Waals surface area contributed by atoms with Crippen molar-refractivity contribution in [2.24, 2.45) is 17.3 Å². The Balaban J connectivity index is 0.00000108. The van der Waals surface area contributed by atoms with Crippen LogP contribution in [0.15, 0.2) is 90.0 Å². The van der Waals surface area contributed by atoms with Gasteiger partial charge in [0.25, 0.3) is 0 Å².